The van der Waals surface area contributed by atoms with Crippen LogP contribution in [0, 0.1) is 25.5 Å². The van der Waals surface area contributed by atoms with Gasteiger partial charge in [0.05, 0.1) is 17.6 Å². The second-order valence-corrected chi connectivity index (χ2v) is 6.59. The number of ether oxygens (including phenoxy) is 1. The SMILES string of the molecule is CC(=O)c1cc(-n2c(C)c(Cl)c(OCc3ncc(F)cc3F)cc2=O)c(C)nn1. The molecule has 0 amide bonds. The topological polar surface area (TPSA) is 87.0 Å². The van der Waals surface area contributed by atoms with Crippen molar-refractivity contribution in [3.05, 3.63) is 74.2 Å². The zero-order valence-corrected chi connectivity index (χ0v) is 16.4. The molecular formula is C19H15ClF2N4O3. The van der Waals surface area contributed by atoms with Gasteiger partial charge in [-0.2, -0.15) is 5.10 Å². The van der Waals surface area contributed by atoms with Gasteiger partial charge in [0.2, 0.25) is 0 Å². The van der Waals surface area contributed by atoms with E-state index in [0.29, 0.717) is 23.1 Å². The summed E-state index contributed by atoms with van der Waals surface area (Å²) in [5, 5.41) is 7.82. The van der Waals surface area contributed by atoms with Crippen LogP contribution in [0.25, 0.3) is 5.69 Å². The Hall–Kier alpha value is -3.20. The van der Waals surface area contributed by atoms with E-state index in [9.17, 15) is 18.4 Å². The predicted molar refractivity (Wildman–Crippen MR) is 101 cm³/mol. The van der Waals surface area contributed by atoms with Gasteiger partial charge in [0, 0.05) is 24.8 Å². The molecule has 0 fully saturated rings. The predicted octanol–water partition coefficient (Wildman–Crippen LogP) is 3.35. The lowest BCUT2D eigenvalue weighted by molar-refractivity contribution is 0.101. The minimum atomic E-state index is -0.874. The van der Waals surface area contributed by atoms with E-state index < -0.39 is 17.2 Å². The van der Waals surface area contributed by atoms with Crippen LogP contribution in [0.4, 0.5) is 8.78 Å². The highest BCUT2D eigenvalue weighted by Gasteiger charge is 2.18. The molecule has 0 bridgehead atoms. The van der Waals surface area contributed by atoms with Crippen molar-refractivity contribution < 1.29 is 18.3 Å². The average Bonchev–Trinajstić information content (AvgIpc) is 2.66. The number of pyridine rings is 2. The zero-order valence-electron chi connectivity index (χ0n) is 15.7. The van der Waals surface area contributed by atoms with Crippen molar-refractivity contribution >= 4 is 17.4 Å². The number of aromatic nitrogens is 4. The lowest BCUT2D eigenvalue weighted by atomic mass is 10.2. The van der Waals surface area contributed by atoms with Gasteiger partial charge in [-0.3, -0.25) is 19.1 Å². The number of nitrogens with zero attached hydrogens (tertiary/aromatic N) is 4. The zero-order chi connectivity index (χ0) is 21.3. The lowest BCUT2D eigenvalue weighted by Gasteiger charge is -2.16. The molecule has 7 nitrogen and oxygen atoms in total. The Balaban J connectivity index is 2.00. The average molecular weight is 421 g/mol. The molecule has 0 saturated heterocycles. The van der Waals surface area contributed by atoms with E-state index in [4.69, 9.17) is 16.3 Å². The number of carbonyl (C=O) groups is 1. The molecule has 0 aromatic carbocycles. The third kappa shape index (κ3) is 4.14. The number of carbonyl (C=O) groups excluding carboxylic acids is 1. The van der Waals surface area contributed by atoms with Gasteiger partial charge in [0.25, 0.3) is 5.56 Å². The molecule has 0 saturated carbocycles. The van der Waals surface area contributed by atoms with Crippen molar-refractivity contribution in [1.29, 1.82) is 0 Å². The minimum Gasteiger partial charge on any atom is -0.485 e. The normalized spacial score (nSPS) is 10.8. The van der Waals surface area contributed by atoms with Crippen LogP contribution in [-0.2, 0) is 6.61 Å². The largest absolute Gasteiger partial charge is 0.485 e. The van der Waals surface area contributed by atoms with Crippen molar-refractivity contribution in [3.8, 4) is 11.4 Å². The van der Waals surface area contributed by atoms with Gasteiger partial charge in [-0.25, -0.2) is 8.78 Å². The highest BCUT2D eigenvalue weighted by atomic mass is 35.5. The molecule has 3 heterocycles. The van der Waals surface area contributed by atoms with Crippen LogP contribution in [-0.4, -0.2) is 25.5 Å². The van der Waals surface area contributed by atoms with Gasteiger partial charge in [-0.05, 0) is 19.9 Å². The number of aryl methyl sites for hydroxylation is 1. The molecule has 29 heavy (non-hydrogen) atoms. The minimum absolute atomic E-state index is 0.0161. The molecule has 0 spiro atoms. The maximum absolute atomic E-state index is 13.7. The summed E-state index contributed by atoms with van der Waals surface area (Å²) in [6.45, 7) is 4.21. The van der Waals surface area contributed by atoms with Gasteiger partial charge in [-0.15, -0.1) is 5.10 Å². The van der Waals surface area contributed by atoms with E-state index in [1.54, 1.807) is 13.8 Å². The fraction of sp³-hybridized carbons (Fsp3) is 0.211. The van der Waals surface area contributed by atoms with E-state index in [0.717, 1.165) is 12.3 Å². The van der Waals surface area contributed by atoms with Crippen molar-refractivity contribution in [3.63, 3.8) is 0 Å². The molecule has 3 aromatic heterocycles. The monoisotopic (exact) mass is 420 g/mol. The highest BCUT2D eigenvalue weighted by Crippen LogP contribution is 2.28. The van der Waals surface area contributed by atoms with Crippen molar-refractivity contribution in [2.24, 2.45) is 0 Å². The first-order chi connectivity index (χ1) is 13.7. The Morgan fingerprint density at radius 3 is 2.59 bits per heavy atom. The van der Waals surface area contributed by atoms with Crippen molar-refractivity contribution in [2.75, 3.05) is 0 Å². The molecule has 0 atom stereocenters. The number of rotatable bonds is 5. The summed E-state index contributed by atoms with van der Waals surface area (Å²) in [4.78, 5) is 27.9. The summed E-state index contributed by atoms with van der Waals surface area (Å²) in [5.74, 6) is -1.97. The lowest BCUT2D eigenvalue weighted by Crippen LogP contribution is -2.22. The molecular weight excluding hydrogens is 406 g/mol. The van der Waals surface area contributed by atoms with Gasteiger partial charge < -0.3 is 4.74 Å². The van der Waals surface area contributed by atoms with Crippen LogP contribution >= 0.6 is 11.6 Å². The molecule has 0 unspecified atom stereocenters. The Labute approximate surface area is 168 Å². The number of halogens is 3. The molecule has 3 aromatic rings. The van der Waals surface area contributed by atoms with Gasteiger partial charge >= 0.3 is 0 Å². The van der Waals surface area contributed by atoms with Crippen LogP contribution in [0.5, 0.6) is 5.75 Å². The number of hydrogen-bond acceptors (Lipinski definition) is 6. The molecule has 150 valence electrons. The molecule has 0 aliphatic rings. The number of ketones is 1. The standard InChI is InChI=1S/C19H15ClF2N4O3/c1-9-16(5-14(11(3)27)25-24-9)26-10(2)19(20)17(6-18(26)28)29-8-15-13(22)4-12(21)7-23-15/h4-7H,8H2,1-3H3. The quantitative estimate of drug-likeness (QED) is 0.588. The fourth-order valence-electron chi connectivity index (χ4n) is 2.62. The molecule has 0 N–H and O–H groups in total. The summed E-state index contributed by atoms with van der Waals surface area (Å²) < 4.78 is 33.4. The summed E-state index contributed by atoms with van der Waals surface area (Å²) in [5.41, 5.74) is 0.568. The Bertz CT molecular complexity index is 1180. The van der Waals surface area contributed by atoms with Crippen LogP contribution in [0.3, 0.4) is 0 Å². The van der Waals surface area contributed by atoms with Crippen LogP contribution in [0.15, 0.2) is 29.2 Å². The van der Waals surface area contributed by atoms with Gasteiger partial charge in [0.15, 0.2) is 11.6 Å². The Morgan fingerprint density at radius 1 is 1.21 bits per heavy atom. The number of hydrogen-bond donors (Lipinski definition) is 0. The van der Waals surface area contributed by atoms with Gasteiger partial charge in [-0.1, -0.05) is 11.6 Å². The second-order valence-electron chi connectivity index (χ2n) is 6.21. The fourth-order valence-corrected chi connectivity index (χ4v) is 2.82. The molecule has 0 radical (unpaired) electrons. The van der Waals surface area contributed by atoms with E-state index in [1.807, 2.05) is 0 Å². The van der Waals surface area contributed by atoms with E-state index in [1.165, 1.54) is 17.6 Å². The maximum Gasteiger partial charge on any atom is 0.259 e. The van der Waals surface area contributed by atoms with Crippen LogP contribution in [0.2, 0.25) is 5.02 Å². The van der Waals surface area contributed by atoms with Crippen molar-refractivity contribution in [1.82, 2.24) is 19.7 Å². The Kier molecular flexibility index (Phi) is 5.69. The summed E-state index contributed by atoms with van der Waals surface area (Å²) in [6, 6.07) is 3.26. The molecule has 3 rings (SSSR count). The first-order valence-corrected chi connectivity index (χ1v) is 8.77. The third-order valence-corrected chi connectivity index (χ3v) is 4.61. The van der Waals surface area contributed by atoms with Crippen LogP contribution < -0.4 is 10.3 Å². The third-order valence-electron chi connectivity index (χ3n) is 4.15. The van der Waals surface area contributed by atoms with Crippen molar-refractivity contribution in [2.45, 2.75) is 27.4 Å². The number of Topliss-reactive ketones (excluding diaryl/α,β-unsaturated/α-hetero) is 1. The maximum atomic E-state index is 13.7. The summed E-state index contributed by atoms with van der Waals surface area (Å²) >= 11 is 6.34. The van der Waals surface area contributed by atoms with Gasteiger partial charge in [0.1, 0.15) is 34.6 Å². The first kappa shape index (κ1) is 20.5. The second kappa shape index (κ2) is 8.04. The molecule has 10 heteroatoms. The summed E-state index contributed by atoms with van der Waals surface area (Å²) in [7, 11) is 0. The summed E-state index contributed by atoms with van der Waals surface area (Å²) in [6.07, 6.45) is 0.860. The van der Waals surface area contributed by atoms with Crippen LogP contribution in [0.1, 0.15) is 34.5 Å². The van der Waals surface area contributed by atoms with E-state index >= 15 is 0 Å². The smallest absolute Gasteiger partial charge is 0.259 e. The van der Waals surface area contributed by atoms with E-state index in [2.05, 4.69) is 15.2 Å². The highest BCUT2D eigenvalue weighted by molar-refractivity contribution is 6.32. The first-order valence-electron chi connectivity index (χ1n) is 8.39. The molecule has 0 aliphatic heterocycles. The Morgan fingerprint density at radius 2 is 1.93 bits per heavy atom. The molecule has 0 aliphatic carbocycles. The van der Waals surface area contributed by atoms with E-state index in [-0.39, 0.29) is 34.6 Å².